The second kappa shape index (κ2) is 7.16. The SMILES string of the molecule is CCCN(CC#N)Cc1cc(C(C)C)c(C)cc1O. The summed E-state index contributed by atoms with van der Waals surface area (Å²) in [6.45, 7) is 10.3. The predicted octanol–water partition coefficient (Wildman–Crippen LogP) is 3.56. The number of phenols is 1. The van der Waals surface area contributed by atoms with E-state index in [0.29, 0.717) is 24.8 Å². The number of benzene rings is 1. The number of aryl methyl sites for hydroxylation is 1. The van der Waals surface area contributed by atoms with Crippen molar-refractivity contribution in [1.29, 1.82) is 5.26 Å². The van der Waals surface area contributed by atoms with Crippen molar-refractivity contribution in [3.05, 3.63) is 28.8 Å². The third-order valence-electron chi connectivity index (χ3n) is 3.32. The minimum absolute atomic E-state index is 0.334. The van der Waals surface area contributed by atoms with Crippen LogP contribution < -0.4 is 0 Å². The molecule has 0 atom stereocenters. The molecule has 3 nitrogen and oxygen atoms in total. The molecule has 1 aromatic rings. The molecule has 0 heterocycles. The Hall–Kier alpha value is -1.53. The topological polar surface area (TPSA) is 47.3 Å². The predicted molar refractivity (Wildman–Crippen MR) is 78.1 cm³/mol. The lowest BCUT2D eigenvalue weighted by Gasteiger charge is -2.20. The van der Waals surface area contributed by atoms with E-state index < -0.39 is 0 Å². The lowest BCUT2D eigenvalue weighted by atomic mass is 9.95. The van der Waals surface area contributed by atoms with Gasteiger partial charge < -0.3 is 5.11 Å². The molecular formula is C16H24N2O. The van der Waals surface area contributed by atoms with Gasteiger partial charge in [0.25, 0.3) is 0 Å². The van der Waals surface area contributed by atoms with E-state index in [-0.39, 0.29) is 0 Å². The molecule has 0 aliphatic heterocycles. The quantitative estimate of drug-likeness (QED) is 0.795. The molecular weight excluding hydrogens is 236 g/mol. The zero-order valence-electron chi connectivity index (χ0n) is 12.4. The summed E-state index contributed by atoms with van der Waals surface area (Å²) in [5, 5.41) is 18.9. The van der Waals surface area contributed by atoms with Gasteiger partial charge in [0, 0.05) is 12.1 Å². The van der Waals surface area contributed by atoms with E-state index >= 15 is 0 Å². The molecule has 0 bridgehead atoms. The zero-order valence-corrected chi connectivity index (χ0v) is 12.4. The fourth-order valence-electron chi connectivity index (χ4n) is 2.38. The number of hydrogen-bond acceptors (Lipinski definition) is 3. The van der Waals surface area contributed by atoms with Crippen LogP contribution in [-0.2, 0) is 6.54 Å². The summed E-state index contributed by atoms with van der Waals surface area (Å²) in [5.41, 5.74) is 3.30. The highest BCUT2D eigenvalue weighted by molar-refractivity contribution is 5.42. The van der Waals surface area contributed by atoms with Gasteiger partial charge in [0.1, 0.15) is 5.75 Å². The number of rotatable bonds is 6. The largest absolute Gasteiger partial charge is 0.508 e. The average molecular weight is 260 g/mol. The Morgan fingerprint density at radius 3 is 2.58 bits per heavy atom. The molecule has 3 heteroatoms. The second-order valence-corrected chi connectivity index (χ2v) is 5.36. The third kappa shape index (κ3) is 4.25. The van der Waals surface area contributed by atoms with Crippen LogP contribution >= 0.6 is 0 Å². The Balaban J connectivity index is 2.99. The number of aromatic hydroxyl groups is 1. The molecule has 0 spiro atoms. The first-order chi connectivity index (χ1) is 8.99. The molecule has 0 saturated heterocycles. The Kier molecular flexibility index (Phi) is 5.85. The molecule has 0 aliphatic carbocycles. The van der Waals surface area contributed by atoms with Gasteiger partial charge in [-0.1, -0.05) is 26.8 Å². The van der Waals surface area contributed by atoms with Crippen molar-refractivity contribution >= 4 is 0 Å². The molecule has 1 rings (SSSR count). The smallest absolute Gasteiger partial charge is 0.120 e. The van der Waals surface area contributed by atoms with Crippen LogP contribution in [0.5, 0.6) is 5.75 Å². The second-order valence-electron chi connectivity index (χ2n) is 5.36. The van der Waals surface area contributed by atoms with Gasteiger partial charge in [-0.2, -0.15) is 5.26 Å². The molecule has 0 unspecified atom stereocenters. The molecule has 19 heavy (non-hydrogen) atoms. The molecule has 0 amide bonds. The van der Waals surface area contributed by atoms with Gasteiger partial charge in [0.05, 0.1) is 12.6 Å². The molecule has 0 fully saturated rings. The number of nitriles is 1. The molecule has 0 aliphatic rings. The first-order valence-corrected chi connectivity index (χ1v) is 6.91. The van der Waals surface area contributed by atoms with E-state index in [9.17, 15) is 5.11 Å². The van der Waals surface area contributed by atoms with Gasteiger partial charge in [-0.3, -0.25) is 4.90 Å². The van der Waals surface area contributed by atoms with Crippen molar-refractivity contribution in [3.63, 3.8) is 0 Å². The standard InChI is InChI=1S/C16H24N2O/c1-5-7-18(8-6-17)11-14-10-15(12(2)3)13(4)9-16(14)19/h9-10,12,19H,5,7-8,11H2,1-4H3. The number of nitrogens with zero attached hydrogens (tertiary/aromatic N) is 2. The Morgan fingerprint density at radius 1 is 1.37 bits per heavy atom. The van der Waals surface area contributed by atoms with Crippen molar-refractivity contribution in [2.24, 2.45) is 0 Å². The van der Waals surface area contributed by atoms with E-state index in [1.165, 1.54) is 5.56 Å². The van der Waals surface area contributed by atoms with E-state index in [1.807, 2.05) is 13.0 Å². The van der Waals surface area contributed by atoms with E-state index in [2.05, 4.69) is 37.8 Å². The van der Waals surface area contributed by atoms with Crippen LogP contribution in [0.15, 0.2) is 12.1 Å². The monoisotopic (exact) mass is 260 g/mol. The normalized spacial score (nSPS) is 11.0. The summed E-state index contributed by atoms with van der Waals surface area (Å²) in [4.78, 5) is 2.06. The van der Waals surface area contributed by atoms with Crippen LogP contribution in [0.4, 0.5) is 0 Å². The van der Waals surface area contributed by atoms with Crippen LogP contribution in [0.1, 0.15) is 49.8 Å². The zero-order chi connectivity index (χ0) is 14.4. The van der Waals surface area contributed by atoms with Crippen molar-refractivity contribution in [2.45, 2.75) is 46.6 Å². The van der Waals surface area contributed by atoms with Crippen LogP contribution in [0.3, 0.4) is 0 Å². The highest BCUT2D eigenvalue weighted by Crippen LogP contribution is 2.28. The Labute approximate surface area is 116 Å². The van der Waals surface area contributed by atoms with Crippen molar-refractivity contribution in [3.8, 4) is 11.8 Å². The fourth-order valence-corrected chi connectivity index (χ4v) is 2.38. The number of phenolic OH excluding ortho intramolecular Hbond substituents is 1. The molecule has 0 aromatic heterocycles. The van der Waals surface area contributed by atoms with Gasteiger partial charge in [-0.05, 0) is 43.0 Å². The van der Waals surface area contributed by atoms with Crippen LogP contribution in [0.2, 0.25) is 0 Å². The minimum atomic E-state index is 0.334. The summed E-state index contributed by atoms with van der Waals surface area (Å²) >= 11 is 0. The van der Waals surface area contributed by atoms with Crippen LogP contribution in [-0.4, -0.2) is 23.1 Å². The van der Waals surface area contributed by atoms with Gasteiger partial charge >= 0.3 is 0 Å². The maximum atomic E-state index is 10.1. The van der Waals surface area contributed by atoms with Crippen molar-refractivity contribution in [1.82, 2.24) is 4.90 Å². The van der Waals surface area contributed by atoms with Crippen molar-refractivity contribution < 1.29 is 5.11 Å². The third-order valence-corrected chi connectivity index (χ3v) is 3.32. The summed E-state index contributed by atoms with van der Waals surface area (Å²) in [5.74, 6) is 0.774. The van der Waals surface area contributed by atoms with Crippen LogP contribution in [0.25, 0.3) is 0 Å². The highest BCUT2D eigenvalue weighted by Gasteiger charge is 2.12. The lowest BCUT2D eigenvalue weighted by Crippen LogP contribution is -2.24. The summed E-state index contributed by atoms with van der Waals surface area (Å²) in [7, 11) is 0. The minimum Gasteiger partial charge on any atom is -0.508 e. The van der Waals surface area contributed by atoms with Gasteiger partial charge in [0.15, 0.2) is 0 Å². The molecule has 1 aromatic carbocycles. The first-order valence-electron chi connectivity index (χ1n) is 6.91. The Morgan fingerprint density at radius 2 is 2.05 bits per heavy atom. The Bertz CT molecular complexity index is 461. The highest BCUT2D eigenvalue weighted by atomic mass is 16.3. The van der Waals surface area contributed by atoms with E-state index in [1.54, 1.807) is 0 Å². The summed E-state index contributed by atoms with van der Waals surface area (Å²) < 4.78 is 0. The molecule has 104 valence electrons. The molecule has 0 saturated carbocycles. The summed E-state index contributed by atoms with van der Waals surface area (Å²) in [6.07, 6.45) is 1.01. The van der Waals surface area contributed by atoms with Gasteiger partial charge in [-0.25, -0.2) is 0 Å². The van der Waals surface area contributed by atoms with E-state index in [4.69, 9.17) is 5.26 Å². The van der Waals surface area contributed by atoms with Crippen LogP contribution in [0, 0.1) is 18.3 Å². The van der Waals surface area contributed by atoms with Crippen molar-refractivity contribution in [2.75, 3.05) is 13.1 Å². The maximum absolute atomic E-state index is 10.1. The summed E-state index contributed by atoms with van der Waals surface area (Å²) in [6, 6.07) is 6.10. The fraction of sp³-hybridized carbons (Fsp3) is 0.562. The maximum Gasteiger partial charge on any atom is 0.120 e. The van der Waals surface area contributed by atoms with Gasteiger partial charge in [0.2, 0.25) is 0 Å². The lowest BCUT2D eigenvalue weighted by molar-refractivity contribution is 0.293. The first kappa shape index (κ1) is 15.5. The van der Waals surface area contributed by atoms with E-state index in [0.717, 1.165) is 24.1 Å². The molecule has 0 radical (unpaired) electrons. The number of hydrogen-bond donors (Lipinski definition) is 1. The molecule has 1 N–H and O–H groups in total. The van der Waals surface area contributed by atoms with Gasteiger partial charge in [-0.15, -0.1) is 0 Å². The average Bonchev–Trinajstić information content (AvgIpc) is 2.32.